The molecule has 15 heavy (non-hydrogen) atoms. The van der Waals surface area contributed by atoms with Crippen LogP contribution < -0.4 is 5.32 Å². The van der Waals surface area contributed by atoms with Gasteiger partial charge in [-0.1, -0.05) is 18.7 Å². The molecule has 0 bridgehead atoms. The Labute approximate surface area is 88.7 Å². The lowest BCUT2D eigenvalue weighted by atomic mass is 10.2. The molecule has 4 nitrogen and oxygen atoms in total. The first-order valence-corrected chi connectivity index (χ1v) is 4.48. The molecule has 0 radical (unpaired) electrons. The molecule has 4 heteroatoms. The van der Waals surface area contributed by atoms with Gasteiger partial charge in [-0.15, -0.1) is 0 Å². The number of nitrogens with one attached hydrogen (secondary N) is 2. The third kappa shape index (κ3) is 3.27. The molecule has 0 aliphatic carbocycles. The average Bonchev–Trinajstić information content (AvgIpc) is 2.27. The van der Waals surface area contributed by atoms with Crippen molar-refractivity contribution < 1.29 is 4.79 Å². The highest BCUT2D eigenvalue weighted by Gasteiger charge is 1.98. The summed E-state index contributed by atoms with van der Waals surface area (Å²) in [7, 11) is 0. The SMILES string of the molecule is C=CN(C=N)Cc1cccc(NC=O)c1. The Morgan fingerprint density at radius 3 is 2.93 bits per heavy atom. The zero-order valence-electron chi connectivity index (χ0n) is 8.31. The van der Waals surface area contributed by atoms with Crippen LogP contribution in [0.25, 0.3) is 0 Å². The van der Waals surface area contributed by atoms with Crippen molar-refractivity contribution in [3.8, 4) is 0 Å². The topological polar surface area (TPSA) is 56.2 Å². The molecule has 2 N–H and O–H groups in total. The van der Waals surface area contributed by atoms with Gasteiger partial charge in [0.2, 0.25) is 6.41 Å². The van der Waals surface area contributed by atoms with Crippen LogP contribution in [-0.2, 0) is 11.3 Å². The molecule has 0 spiro atoms. The minimum Gasteiger partial charge on any atom is -0.336 e. The van der Waals surface area contributed by atoms with Gasteiger partial charge < -0.3 is 10.2 Å². The number of hydrogen-bond acceptors (Lipinski definition) is 2. The monoisotopic (exact) mass is 203 g/mol. The number of rotatable bonds is 6. The molecule has 1 aromatic carbocycles. The zero-order valence-corrected chi connectivity index (χ0v) is 8.31. The van der Waals surface area contributed by atoms with Gasteiger partial charge in [-0.05, 0) is 23.9 Å². The molecule has 1 amide bonds. The number of hydrogen-bond donors (Lipinski definition) is 2. The zero-order chi connectivity index (χ0) is 11.1. The van der Waals surface area contributed by atoms with Gasteiger partial charge in [-0.25, -0.2) is 0 Å². The van der Waals surface area contributed by atoms with Crippen LogP contribution >= 0.6 is 0 Å². The predicted octanol–water partition coefficient (Wildman–Crippen LogP) is 1.81. The van der Waals surface area contributed by atoms with Crippen LogP contribution in [0.15, 0.2) is 37.0 Å². The Morgan fingerprint density at radius 1 is 1.53 bits per heavy atom. The highest BCUT2D eigenvalue weighted by Crippen LogP contribution is 2.11. The fourth-order valence-corrected chi connectivity index (χ4v) is 1.20. The van der Waals surface area contributed by atoms with E-state index in [9.17, 15) is 4.79 Å². The van der Waals surface area contributed by atoms with E-state index in [-0.39, 0.29) is 0 Å². The van der Waals surface area contributed by atoms with E-state index in [4.69, 9.17) is 5.41 Å². The first kappa shape index (κ1) is 11.0. The fourth-order valence-electron chi connectivity index (χ4n) is 1.20. The third-order valence-electron chi connectivity index (χ3n) is 1.92. The van der Waals surface area contributed by atoms with E-state index >= 15 is 0 Å². The van der Waals surface area contributed by atoms with Gasteiger partial charge in [0, 0.05) is 12.2 Å². The van der Waals surface area contributed by atoms with E-state index < -0.39 is 0 Å². The second-order valence-electron chi connectivity index (χ2n) is 2.95. The number of amides is 1. The maximum atomic E-state index is 10.2. The Balaban J connectivity index is 2.76. The number of benzene rings is 1. The summed E-state index contributed by atoms with van der Waals surface area (Å²) in [6, 6.07) is 7.44. The van der Waals surface area contributed by atoms with Crippen LogP contribution in [0.1, 0.15) is 5.56 Å². The average molecular weight is 203 g/mol. The lowest BCUT2D eigenvalue weighted by Crippen LogP contribution is -2.13. The van der Waals surface area contributed by atoms with Crippen molar-refractivity contribution in [2.75, 3.05) is 5.32 Å². The van der Waals surface area contributed by atoms with Gasteiger partial charge >= 0.3 is 0 Å². The van der Waals surface area contributed by atoms with Crippen molar-refractivity contribution >= 4 is 18.4 Å². The standard InChI is InChI=1S/C11H13N3O/c1-2-14(8-12)7-10-4-3-5-11(6-10)13-9-15/h2-6,8-9,12H,1,7H2,(H,13,15). The maximum Gasteiger partial charge on any atom is 0.211 e. The van der Waals surface area contributed by atoms with Crippen LogP contribution in [0, 0.1) is 5.41 Å². The van der Waals surface area contributed by atoms with Crippen molar-refractivity contribution in [2.24, 2.45) is 0 Å². The van der Waals surface area contributed by atoms with E-state index in [0.29, 0.717) is 13.0 Å². The molecule has 0 fully saturated rings. The van der Waals surface area contributed by atoms with Crippen molar-refractivity contribution in [2.45, 2.75) is 6.54 Å². The molecule has 0 unspecified atom stereocenters. The molecule has 0 aliphatic heterocycles. The predicted molar refractivity (Wildman–Crippen MR) is 60.7 cm³/mol. The largest absolute Gasteiger partial charge is 0.336 e. The normalized spacial score (nSPS) is 9.07. The van der Waals surface area contributed by atoms with E-state index in [1.807, 2.05) is 18.2 Å². The molecule has 0 heterocycles. The van der Waals surface area contributed by atoms with E-state index in [2.05, 4.69) is 11.9 Å². The Morgan fingerprint density at radius 2 is 2.33 bits per heavy atom. The summed E-state index contributed by atoms with van der Waals surface area (Å²) in [5.41, 5.74) is 1.75. The highest BCUT2D eigenvalue weighted by atomic mass is 16.1. The second kappa shape index (κ2) is 5.59. The van der Waals surface area contributed by atoms with Crippen molar-refractivity contribution in [1.29, 1.82) is 5.41 Å². The van der Waals surface area contributed by atoms with E-state index in [1.165, 1.54) is 6.34 Å². The van der Waals surface area contributed by atoms with E-state index in [0.717, 1.165) is 11.3 Å². The molecular formula is C11H13N3O. The summed E-state index contributed by atoms with van der Waals surface area (Å²) < 4.78 is 0. The van der Waals surface area contributed by atoms with Crippen LogP contribution in [0.2, 0.25) is 0 Å². The van der Waals surface area contributed by atoms with Crippen molar-refractivity contribution in [3.63, 3.8) is 0 Å². The molecule has 0 saturated carbocycles. The van der Waals surface area contributed by atoms with Gasteiger partial charge in [-0.3, -0.25) is 10.2 Å². The van der Waals surface area contributed by atoms with Crippen molar-refractivity contribution in [3.05, 3.63) is 42.6 Å². The molecule has 0 aliphatic rings. The first-order chi connectivity index (χ1) is 7.30. The first-order valence-electron chi connectivity index (χ1n) is 4.48. The van der Waals surface area contributed by atoms with Gasteiger partial charge in [0.1, 0.15) is 0 Å². The summed E-state index contributed by atoms with van der Waals surface area (Å²) in [5, 5.41) is 9.68. The quantitative estimate of drug-likeness (QED) is 0.421. The molecule has 0 atom stereocenters. The summed E-state index contributed by atoms with van der Waals surface area (Å²) in [5.74, 6) is 0. The molecular weight excluding hydrogens is 190 g/mol. The number of nitrogens with zero attached hydrogens (tertiary/aromatic N) is 1. The number of carbonyl (C=O) groups is 1. The Hall–Kier alpha value is -2.10. The Kier molecular flexibility index (Phi) is 4.09. The minimum atomic E-state index is 0.571. The van der Waals surface area contributed by atoms with Crippen LogP contribution in [0.4, 0.5) is 5.69 Å². The second-order valence-corrected chi connectivity index (χ2v) is 2.95. The maximum absolute atomic E-state index is 10.2. The number of anilines is 1. The fraction of sp³-hybridized carbons (Fsp3) is 0.0909. The lowest BCUT2D eigenvalue weighted by Gasteiger charge is -2.13. The van der Waals surface area contributed by atoms with Gasteiger partial charge in [0.15, 0.2) is 0 Å². The molecule has 1 aromatic rings. The minimum absolute atomic E-state index is 0.571. The summed E-state index contributed by atoms with van der Waals surface area (Å²) >= 11 is 0. The summed E-state index contributed by atoms with van der Waals surface area (Å²) in [6.45, 7) is 4.16. The molecule has 1 rings (SSSR count). The molecule has 78 valence electrons. The number of carbonyl (C=O) groups excluding carboxylic acids is 1. The summed E-state index contributed by atoms with van der Waals surface area (Å²) in [4.78, 5) is 11.9. The third-order valence-corrected chi connectivity index (χ3v) is 1.92. The van der Waals surface area contributed by atoms with E-state index in [1.54, 1.807) is 17.2 Å². The molecule has 0 aromatic heterocycles. The lowest BCUT2D eigenvalue weighted by molar-refractivity contribution is -0.105. The van der Waals surface area contributed by atoms with Gasteiger partial charge in [-0.2, -0.15) is 0 Å². The van der Waals surface area contributed by atoms with Gasteiger partial charge in [0.05, 0.1) is 6.34 Å². The van der Waals surface area contributed by atoms with Crippen molar-refractivity contribution in [1.82, 2.24) is 4.90 Å². The highest BCUT2D eigenvalue weighted by molar-refractivity contribution is 5.71. The molecule has 0 saturated heterocycles. The van der Waals surface area contributed by atoms with Crippen LogP contribution in [-0.4, -0.2) is 17.6 Å². The van der Waals surface area contributed by atoms with Gasteiger partial charge in [0.25, 0.3) is 0 Å². The van der Waals surface area contributed by atoms with Crippen LogP contribution in [0.3, 0.4) is 0 Å². The van der Waals surface area contributed by atoms with Crippen LogP contribution in [0.5, 0.6) is 0 Å². The Bertz CT molecular complexity index is 355. The smallest absolute Gasteiger partial charge is 0.211 e. The summed E-state index contributed by atoms with van der Waals surface area (Å²) in [6.07, 6.45) is 3.42.